The standard InChI is InChI=1S/C12H13BrN2O3/c1-14-11-9(12(7-16)3-2-4-12)5-8(15(17)18)6-10(11)13/h5-7,14H,2-4H2,1H3. The maximum absolute atomic E-state index is 11.4. The predicted molar refractivity (Wildman–Crippen MR) is 71.9 cm³/mol. The van der Waals surface area contributed by atoms with E-state index in [0.29, 0.717) is 10.0 Å². The number of nitrogens with one attached hydrogen (secondary N) is 1. The van der Waals surface area contributed by atoms with Gasteiger partial charge in [0.15, 0.2) is 0 Å². The predicted octanol–water partition coefficient (Wildman–Crippen LogP) is 3.02. The number of non-ortho nitro benzene ring substituents is 1. The number of hydrogen-bond acceptors (Lipinski definition) is 4. The van der Waals surface area contributed by atoms with Crippen LogP contribution in [0.15, 0.2) is 16.6 Å². The molecule has 1 N–H and O–H groups in total. The zero-order valence-corrected chi connectivity index (χ0v) is 11.5. The van der Waals surface area contributed by atoms with Crippen molar-refractivity contribution in [3.63, 3.8) is 0 Å². The van der Waals surface area contributed by atoms with Gasteiger partial charge in [0.2, 0.25) is 0 Å². The zero-order chi connectivity index (χ0) is 13.3. The van der Waals surface area contributed by atoms with Gasteiger partial charge in [-0.15, -0.1) is 0 Å². The highest BCUT2D eigenvalue weighted by atomic mass is 79.9. The van der Waals surface area contributed by atoms with Gasteiger partial charge in [-0.05, 0) is 34.3 Å². The van der Waals surface area contributed by atoms with Crippen LogP contribution in [0.25, 0.3) is 0 Å². The second-order valence-electron chi connectivity index (χ2n) is 4.48. The first-order valence-corrected chi connectivity index (χ1v) is 6.46. The third-order valence-corrected chi connectivity index (χ3v) is 4.17. The van der Waals surface area contributed by atoms with Crippen LogP contribution in [-0.4, -0.2) is 18.3 Å². The highest BCUT2D eigenvalue weighted by Crippen LogP contribution is 2.47. The van der Waals surface area contributed by atoms with E-state index in [-0.39, 0.29) is 5.69 Å². The Morgan fingerprint density at radius 2 is 2.17 bits per heavy atom. The fraction of sp³-hybridized carbons (Fsp3) is 0.417. The molecule has 0 heterocycles. The molecule has 1 aliphatic rings. The Morgan fingerprint density at radius 1 is 1.50 bits per heavy atom. The molecule has 0 aliphatic heterocycles. The van der Waals surface area contributed by atoms with Crippen molar-refractivity contribution < 1.29 is 9.72 Å². The van der Waals surface area contributed by atoms with Crippen molar-refractivity contribution in [3.8, 4) is 0 Å². The third-order valence-electron chi connectivity index (χ3n) is 3.54. The second-order valence-corrected chi connectivity index (χ2v) is 5.34. The molecule has 1 aliphatic carbocycles. The van der Waals surface area contributed by atoms with Crippen LogP contribution in [0, 0.1) is 10.1 Å². The summed E-state index contributed by atoms with van der Waals surface area (Å²) >= 11 is 3.32. The summed E-state index contributed by atoms with van der Waals surface area (Å²) < 4.78 is 0.613. The van der Waals surface area contributed by atoms with Gasteiger partial charge in [0, 0.05) is 23.7 Å². The van der Waals surface area contributed by atoms with Crippen LogP contribution in [0.2, 0.25) is 0 Å². The fourth-order valence-corrected chi connectivity index (χ4v) is 3.00. The van der Waals surface area contributed by atoms with E-state index in [1.165, 1.54) is 12.1 Å². The molecule has 0 amide bonds. The molecule has 0 unspecified atom stereocenters. The first kappa shape index (κ1) is 13.0. The number of nitro groups is 1. The van der Waals surface area contributed by atoms with E-state index in [4.69, 9.17) is 0 Å². The average Bonchev–Trinajstić information content (AvgIpc) is 2.27. The van der Waals surface area contributed by atoms with Gasteiger partial charge in [-0.3, -0.25) is 10.1 Å². The van der Waals surface area contributed by atoms with E-state index in [0.717, 1.165) is 31.2 Å². The molecular formula is C12H13BrN2O3. The summed E-state index contributed by atoms with van der Waals surface area (Å²) in [5.74, 6) is 0. The lowest BCUT2D eigenvalue weighted by Crippen LogP contribution is -2.36. The van der Waals surface area contributed by atoms with Gasteiger partial charge in [0.05, 0.1) is 16.0 Å². The fourth-order valence-electron chi connectivity index (χ4n) is 2.35. The number of carbonyl (C=O) groups is 1. The minimum atomic E-state index is -0.563. The Morgan fingerprint density at radius 3 is 2.56 bits per heavy atom. The molecular weight excluding hydrogens is 300 g/mol. The molecule has 0 bridgehead atoms. The number of benzene rings is 1. The maximum atomic E-state index is 11.4. The van der Waals surface area contributed by atoms with Crippen molar-refractivity contribution in [2.75, 3.05) is 12.4 Å². The Hall–Kier alpha value is -1.43. The molecule has 96 valence electrons. The number of aldehydes is 1. The Labute approximate surface area is 113 Å². The Balaban J connectivity index is 2.63. The van der Waals surface area contributed by atoms with Crippen LogP contribution in [-0.2, 0) is 10.2 Å². The highest BCUT2D eigenvalue weighted by Gasteiger charge is 2.41. The normalized spacial score (nSPS) is 16.8. The molecule has 0 spiro atoms. The quantitative estimate of drug-likeness (QED) is 0.527. The van der Waals surface area contributed by atoms with Crippen LogP contribution >= 0.6 is 15.9 Å². The van der Waals surface area contributed by atoms with Crippen molar-refractivity contribution in [1.82, 2.24) is 0 Å². The second kappa shape index (κ2) is 4.68. The molecule has 1 saturated carbocycles. The topological polar surface area (TPSA) is 72.2 Å². The van der Waals surface area contributed by atoms with Gasteiger partial charge in [0.25, 0.3) is 5.69 Å². The van der Waals surface area contributed by atoms with E-state index in [9.17, 15) is 14.9 Å². The Kier molecular flexibility index (Phi) is 3.38. The number of nitrogens with zero attached hydrogens (tertiary/aromatic N) is 1. The number of nitro benzene ring substituents is 1. The average molecular weight is 313 g/mol. The summed E-state index contributed by atoms with van der Waals surface area (Å²) in [6.45, 7) is 0. The van der Waals surface area contributed by atoms with Crippen LogP contribution in [0.4, 0.5) is 11.4 Å². The van der Waals surface area contributed by atoms with Crippen LogP contribution < -0.4 is 5.32 Å². The minimum absolute atomic E-state index is 0.00370. The molecule has 1 aromatic carbocycles. The molecule has 1 fully saturated rings. The summed E-state index contributed by atoms with van der Waals surface area (Å²) in [6, 6.07) is 2.96. The summed E-state index contributed by atoms with van der Waals surface area (Å²) in [6.07, 6.45) is 3.39. The van der Waals surface area contributed by atoms with Gasteiger partial charge in [-0.25, -0.2) is 0 Å². The molecule has 2 rings (SSSR count). The number of carbonyl (C=O) groups excluding carboxylic acids is 1. The SMILES string of the molecule is CNc1c(Br)cc([N+](=O)[O-])cc1C1(C=O)CCC1. The van der Waals surface area contributed by atoms with Crippen molar-refractivity contribution >= 4 is 33.6 Å². The molecule has 5 nitrogen and oxygen atoms in total. The van der Waals surface area contributed by atoms with Crippen molar-refractivity contribution in [3.05, 3.63) is 32.3 Å². The molecule has 0 saturated heterocycles. The van der Waals surface area contributed by atoms with E-state index in [1.54, 1.807) is 7.05 Å². The number of anilines is 1. The molecule has 0 aromatic heterocycles. The largest absolute Gasteiger partial charge is 0.387 e. The smallest absolute Gasteiger partial charge is 0.271 e. The van der Waals surface area contributed by atoms with Gasteiger partial charge in [-0.2, -0.15) is 0 Å². The van der Waals surface area contributed by atoms with Gasteiger partial charge in [-0.1, -0.05) is 6.42 Å². The lowest BCUT2D eigenvalue weighted by Gasteiger charge is -2.38. The lowest BCUT2D eigenvalue weighted by molar-refractivity contribution is -0.385. The maximum Gasteiger partial charge on any atom is 0.271 e. The molecule has 1 aromatic rings. The van der Waals surface area contributed by atoms with Gasteiger partial charge >= 0.3 is 0 Å². The van der Waals surface area contributed by atoms with E-state index in [1.807, 2.05) is 0 Å². The Bertz CT molecular complexity index is 512. The van der Waals surface area contributed by atoms with Gasteiger partial charge in [0.1, 0.15) is 6.29 Å². The zero-order valence-electron chi connectivity index (χ0n) is 9.90. The number of halogens is 1. The number of rotatable bonds is 4. The van der Waals surface area contributed by atoms with Crippen molar-refractivity contribution in [2.24, 2.45) is 0 Å². The van der Waals surface area contributed by atoms with E-state index >= 15 is 0 Å². The first-order valence-electron chi connectivity index (χ1n) is 5.66. The molecule has 6 heteroatoms. The molecule has 0 atom stereocenters. The van der Waals surface area contributed by atoms with Crippen LogP contribution in [0.1, 0.15) is 24.8 Å². The summed E-state index contributed by atoms with van der Waals surface area (Å²) in [4.78, 5) is 21.8. The minimum Gasteiger partial charge on any atom is -0.387 e. The first-order chi connectivity index (χ1) is 8.54. The highest BCUT2D eigenvalue weighted by molar-refractivity contribution is 9.10. The van der Waals surface area contributed by atoms with Crippen LogP contribution in [0.5, 0.6) is 0 Å². The number of hydrogen-bond donors (Lipinski definition) is 1. The van der Waals surface area contributed by atoms with Gasteiger partial charge < -0.3 is 10.1 Å². The van der Waals surface area contributed by atoms with Crippen LogP contribution in [0.3, 0.4) is 0 Å². The third kappa shape index (κ3) is 1.90. The summed E-state index contributed by atoms with van der Waals surface area (Å²) in [7, 11) is 1.74. The molecule has 0 radical (unpaired) electrons. The van der Waals surface area contributed by atoms with E-state index < -0.39 is 10.3 Å². The molecule has 18 heavy (non-hydrogen) atoms. The summed E-state index contributed by atoms with van der Waals surface area (Å²) in [5.41, 5.74) is 0.913. The monoisotopic (exact) mass is 312 g/mol. The lowest BCUT2D eigenvalue weighted by atomic mass is 9.65. The van der Waals surface area contributed by atoms with Crippen molar-refractivity contribution in [1.29, 1.82) is 0 Å². The van der Waals surface area contributed by atoms with Crippen molar-refractivity contribution in [2.45, 2.75) is 24.7 Å². The summed E-state index contributed by atoms with van der Waals surface area (Å²) in [5, 5.41) is 13.9. The van der Waals surface area contributed by atoms with E-state index in [2.05, 4.69) is 21.2 Å².